The molecule has 276 valence electrons. The van der Waals surface area contributed by atoms with Crippen molar-refractivity contribution in [2.45, 2.75) is 52.4 Å². The third-order valence-electron chi connectivity index (χ3n) is 13.0. The number of fused-ring (bicyclic) bond motifs is 6. The van der Waals surface area contributed by atoms with Gasteiger partial charge in [-0.25, -0.2) is 0 Å². The van der Waals surface area contributed by atoms with Gasteiger partial charge >= 0.3 is 0 Å². The van der Waals surface area contributed by atoms with E-state index in [0.717, 1.165) is 11.4 Å². The van der Waals surface area contributed by atoms with Gasteiger partial charge in [-0.15, -0.1) is 0 Å². The predicted molar refractivity (Wildman–Crippen MR) is 242 cm³/mol. The van der Waals surface area contributed by atoms with Gasteiger partial charge in [0.1, 0.15) is 0 Å². The Labute approximate surface area is 337 Å². The third-order valence-corrected chi connectivity index (χ3v) is 13.0. The smallest absolute Gasteiger partial charge is 0.0546 e. The zero-order valence-corrected chi connectivity index (χ0v) is 33.7. The Balaban J connectivity index is 1.28. The topological polar surface area (TPSA) is 3.24 Å². The third kappa shape index (κ3) is 5.29. The Hall–Kier alpha value is -6.44. The van der Waals surface area contributed by atoms with E-state index in [4.69, 9.17) is 0 Å². The lowest BCUT2D eigenvalue weighted by Gasteiger charge is -2.33. The molecule has 1 nitrogen and oxygen atoms in total. The molecule has 0 unspecified atom stereocenters. The summed E-state index contributed by atoms with van der Waals surface area (Å²) in [5, 5.41) is 0. The Kier molecular flexibility index (Phi) is 8.03. The average Bonchev–Trinajstić information content (AvgIpc) is 3.63. The van der Waals surface area contributed by atoms with Crippen LogP contribution in [0.2, 0.25) is 0 Å². The van der Waals surface area contributed by atoms with E-state index in [-0.39, 0.29) is 10.8 Å². The van der Waals surface area contributed by atoms with Crippen LogP contribution in [0.4, 0.5) is 17.1 Å². The molecule has 0 amide bonds. The van der Waals surface area contributed by atoms with Crippen molar-refractivity contribution < 1.29 is 0 Å². The van der Waals surface area contributed by atoms with Crippen molar-refractivity contribution in [3.05, 3.63) is 209 Å². The number of nitrogens with zero attached hydrogens (tertiary/aromatic N) is 1. The van der Waals surface area contributed by atoms with E-state index < -0.39 is 0 Å². The van der Waals surface area contributed by atoms with Crippen molar-refractivity contribution in [3.8, 4) is 55.6 Å². The Morgan fingerprint density at radius 1 is 0.351 bits per heavy atom. The molecule has 10 rings (SSSR count). The first kappa shape index (κ1) is 35.0. The van der Waals surface area contributed by atoms with Gasteiger partial charge in [-0.3, -0.25) is 0 Å². The first-order valence-electron chi connectivity index (χ1n) is 20.3. The molecule has 0 spiro atoms. The highest BCUT2D eigenvalue weighted by Gasteiger charge is 2.40. The summed E-state index contributed by atoms with van der Waals surface area (Å²) < 4.78 is 0. The second-order valence-corrected chi connectivity index (χ2v) is 17.0. The molecule has 0 heterocycles. The number of aryl methyl sites for hydroxylation is 1. The van der Waals surface area contributed by atoms with Gasteiger partial charge in [0, 0.05) is 27.8 Å². The summed E-state index contributed by atoms with van der Waals surface area (Å²) in [5.74, 6) is 0. The molecule has 8 aromatic rings. The van der Waals surface area contributed by atoms with Crippen LogP contribution in [0.3, 0.4) is 0 Å². The monoisotopic (exact) mass is 733 g/mol. The molecule has 0 saturated carbocycles. The van der Waals surface area contributed by atoms with Crippen LogP contribution in [0.1, 0.15) is 61.1 Å². The van der Waals surface area contributed by atoms with E-state index in [1.54, 1.807) is 0 Å². The second kappa shape index (κ2) is 13.1. The lowest BCUT2D eigenvalue weighted by molar-refractivity contribution is 0.651. The summed E-state index contributed by atoms with van der Waals surface area (Å²) in [6, 6.07) is 65.3. The fraction of sp³-hybridized carbons (Fsp3) is 0.143. The largest absolute Gasteiger partial charge is 0.310 e. The highest BCUT2D eigenvalue weighted by atomic mass is 15.1. The molecule has 0 saturated heterocycles. The molecule has 57 heavy (non-hydrogen) atoms. The molecule has 2 aliphatic carbocycles. The van der Waals surface area contributed by atoms with Crippen molar-refractivity contribution in [2.24, 2.45) is 0 Å². The molecule has 8 aromatic carbocycles. The summed E-state index contributed by atoms with van der Waals surface area (Å²) in [6.45, 7) is 14.2. The normalized spacial score (nSPS) is 14.1. The summed E-state index contributed by atoms with van der Waals surface area (Å²) in [5.41, 5.74) is 24.2. The number of hydrogen-bond donors (Lipinski definition) is 0. The van der Waals surface area contributed by atoms with Gasteiger partial charge in [-0.1, -0.05) is 179 Å². The number of anilines is 3. The molecular formula is C56H47N. The van der Waals surface area contributed by atoms with Gasteiger partial charge in [0.15, 0.2) is 0 Å². The summed E-state index contributed by atoms with van der Waals surface area (Å²) in [6.07, 6.45) is 0. The minimum Gasteiger partial charge on any atom is -0.310 e. The van der Waals surface area contributed by atoms with Gasteiger partial charge in [-0.05, 0) is 122 Å². The van der Waals surface area contributed by atoms with Crippen molar-refractivity contribution in [1.82, 2.24) is 0 Å². The van der Waals surface area contributed by atoms with E-state index in [0.29, 0.717) is 0 Å². The zero-order chi connectivity index (χ0) is 39.1. The minimum atomic E-state index is -0.150. The highest BCUT2D eigenvalue weighted by Crippen LogP contribution is 2.57. The van der Waals surface area contributed by atoms with Crippen LogP contribution in [0.15, 0.2) is 176 Å². The van der Waals surface area contributed by atoms with Crippen LogP contribution in [-0.4, -0.2) is 0 Å². The van der Waals surface area contributed by atoms with E-state index >= 15 is 0 Å². The van der Waals surface area contributed by atoms with E-state index in [2.05, 4.69) is 222 Å². The van der Waals surface area contributed by atoms with Crippen molar-refractivity contribution >= 4 is 17.1 Å². The molecule has 0 fully saturated rings. The molecular weight excluding hydrogens is 687 g/mol. The first-order chi connectivity index (χ1) is 27.7. The fourth-order valence-corrected chi connectivity index (χ4v) is 10.5. The molecule has 0 atom stereocenters. The molecule has 0 N–H and O–H groups in total. The Morgan fingerprint density at radius 2 is 0.912 bits per heavy atom. The van der Waals surface area contributed by atoms with Crippen LogP contribution < -0.4 is 4.90 Å². The molecule has 0 aromatic heterocycles. The van der Waals surface area contributed by atoms with Crippen molar-refractivity contribution in [2.75, 3.05) is 4.90 Å². The van der Waals surface area contributed by atoms with Gasteiger partial charge in [-0.2, -0.15) is 0 Å². The molecule has 2 aliphatic rings. The first-order valence-corrected chi connectivity index (χ1v) is 20.3. The van der Waals surface area contributed by atoms with Crippen LogP contribution >= 0.6 is 0 Å². The number of hydrogen-bond acceptors (Lipinski definition) is 1. The zero-order valence-electron chi connectivity index (χ0n) is 33.7. The molecule has 0 bridgehead atoms. The lowest BCUT2D eigenvalue weighted by atomic mass is 9.78. The number of benzene rings is 8. The van der Waals surface area contributed by atoms with E-state index in [1.807, 2.05) is 0 Å². The SMILES string of the molecule is Cc1cccc2c1C(C)(C)c1c-2ccc(N(c2ccc(-c3ccccc3)cc2)c2cccc(-c3ccccc3)c2-c2cccc3c2-c2ccccc2C3(C)C)c1C. The predicted octanol–water partition coefficient (Wildman–Crippen LogP) is 15.4. The number of rotatable bonds is 6. The summed E-state index contributed by atoms with van der Waals surface area (Å²) in [4.78, 5) is 2.55. The lowest BCUT2D eigenvalue weighted by Crippen LogP contribution is -2.20. The van der Waals surface area contributed by atoms with Crippen molar-refractivity contribution in [1.29, 1.82) is 0 Å². The van der Waals surface area contributed by atoms with Crippen LogP contribution in [0.25, 0.3) is 55.6 Å². The maximum atomic E-state index is 2.55. The van der Waals surface area contributed by atoms with E-state index in [9.17, 15) is 0 Å². The van der Waals surface area contributed by atoms with Crippen LogP contribution in [0, 0.1) is 13.8 Å². The maximum absolute atomic E-state index is 2.55. The Bertz CT molecular complexity index is 2840. The highest BCUT2D eigenvalue weighted by molar-refractivity contribution is 6.04. The standard InChI is InChI=1S/C56H47N/c1-36-18-15-25-43-44-34-35-49(37(2)54(44)56(5,6)53(36)43)57(41-32-30-39(31-33-41)38-19-9-7-10-20-38)50-29-17-24-42(40-21-11-8-12-22-40)52(50)46-26-16-28-48-51(46)45-23-13-14-27-47(45)55(48,3)4/h7-35H,1-6H3. The molecule has 0 radical (unpaired) electrons. The Morgan fingerprint density at radius 3 is 1.67 bits per heavy atom. The second-order valence-electron chi connectivity index (χ2n) is 17.0. The quantitative estimate of drug-likeness (QED) is 0.164. The average molecular weight is 734 g/mol. The summed E-state index contributed by atoms with van der Waals surface area (Å²) in [7, 11) is 0. The van der Waals surface area contributed by atoms with Gasteiger partial charge in [0.2, 0.25) is 0 Å². The summed E-state index contributed by atoms with van der Waals surface area (Å²) >= 11 is 0. The fourth-order valence-electron chi connectivity index (χ4n) is 10.5. The maximum Gasteiger partial charge on any atom is 0.0546 e. The van der Waals surface area contributed by atoms with Gasteiger partial charge in [0.25, 0.3) is 0 Å². The van der Waals surface area contributed by atoms with Gasteiger partial charge < -0.3 is 4.90 Å². The minimum absolute atomic E-state index is 0.119. The molecule has 1 heteroatoms. The van der Waals surface area contributed by atoms with Crippen molar-refractivity contribution in [3.63, 3.8) is 0 Å². The van der Waals surface area contributed by atoms with Gasteiger partial charge in [0.05, 0.1) is 5.69 Å². The molecule has 0 aliphatic heterocycles. The van der Waals surface area contributed by atoms with E-state index in [1.165, 1.54) is 94.7 Å². The van der Waals surface area contributed by atoms with Crippen LogP contribution in [-0.2, 0) is 10.8 Å². The van der Waals surface area contributed by atoms with Crippen LogP contribution in [0.5, 0.6) is 0 Å².